The van der Waals surface area contributed by atoms with Crippen molar-refractivity contribution in [1.29, 1.82) is 0 Å². The van der Waals surface area contributed by atoms with Gasteiger partial charge in [0.25, 0.3) is 5.91 Å². The number of nitrogens with zero attached hydrogens (tertiary/aromatic N) is 1. The number of hydrogen-bond acceptors (Lipinski definition) is 5. The van der Waals surface area contributed by atoms with Crippen LogP contribution in [-0.4, -0.2) is 43.4 Å². The van der Waals surface area contributed by atoms with Crippen LogP contribution in [-0.2, 0) is 10.0 Å². The number of aliphatic hydroxyl groups excluding tert-OH is 1. The fourth-order valence-corrected chi connectivity index (χ4v) is 6.04. The first-order valence-corrected chi connectivity index (χ1v) is 11.8. The average molecular weight is 431 g/mol. The maximum atomic E-state index is 12.6. The molecule has 2 aromatic carbocycles. The van der Waals surface area contributed by atoms with Gasteiger partial charge in [0.2, 0.25) is 10.0 Å². The monoisotopic (exact) mass is 430 g/mol. The highest BCUT2D eigenvalue weighted by Gasteiger charge is 2.27. The second-order valence-electron chi connectivity index (χ2n) is 7.05. The van der Waals surface area contributed by atoms with Crippen LogP contribution < -0.4 is 5.32 Å². The molecule has 152 valence electrons. The summed E-state index contributed by atoms with van der Waals surface area (Å²) >= 11 is 1.55. The van der Waals surface area contributed by atoms with Gasteiger partial charge in [-0.3, -0.25) is 4.79 Å². The van der Waals surface area contributed by atoms with Crippen LogP contribution in [0.15, 0.2) is 58.8 Å². The molecule has 3 aromatic rings. The van der Waals surface area contributed by atoms with E-state index < -0.39 is 16.1 Å². The maximum Gasteiger partial charge on any atom is 0.251 e. The Labute approximate surface area is 173 Å². The van der Waals surface area contributed by atoms with E-state index in [1.807, 2.05) is 29.6 Å². The molecule has 6 nitrogen and oxygen atoms in total. The summed E-state index contributed by atoms with van der Waals surface area (Å²) in [5, 5.41) is 16.1. The van der Waals surface area contributed by atoms with E-state index in [0.29, 0.717) is 18.7 Å². The molecule has 0 saturated carbocycles. The van der Waals surface area contributed by atoms with Crippen LogP contribution in [0.1, 0.15) is 34.9 Å². The van der Waals surface area contributed by atoms with E-state index in [2.05, 4.69) is 5.32 Å². The van der Waals surface area contributed by atoms with Crippen LogP contribution in [0.4, 0.5) is 0 Å². The number of sulfonamides is 1. The van der Waals surface area contributed by atoms with E-state index >= 15 is 0 Å². The Hall–Kier alpha value is -2.26. The van der Waals surface area contributed by atoms with Crippen molar-refractivity contribution in [3.8, 4) is 0 Å². The number of amides is 1. The lowest BCUT2D eigenvalue weighted by Crippen LogP contribution is -2.29. The van der Waals surface area contributed by atoms with Gasteiger partial charge in [-0.1, -0.05) is 18.2 Å². The predicted molar refractivity (Wildman–Crippen MR) is 114 cm³/mol. The standard InChI is InChI=1S/C21H22N2O4S2/c24-19(18-14-28-20-6-2-1-5-17(18)20)13-22-21(25)15-7-9-16(10-8-15)29(26,27)23-11-3-4-12-23/h1-2,5-10,14,19,24H,3-4,11-13H2,(H,22,25). The molecule has 0 radical (unpaired) electrons. The molecule has 1 amide bonds. The second-order valence-corrected chi connectivity index (χ2v) is 9.90. The van der Waals surface area contributed by atoms with Gasteiger partial charge >= 0.3 is 0 Å². The van der Waals surface area contributed by atoms with Crippen molar-refractivity contribution in [3.05, 3.63) is 65.0 Å². The van der Waals surface area contributed by atoms with Gasteiger partial charge in [-0.25, -0.2) is 8.42 Å². The number of aliphatic hydroxyl groups is 1. The molecular weight excluding hydrogens is 408 g/mol. The number of carbonyl (C=O) groups excluding carboxylic acids is 1. The van der Waals surface area contributed by atoms with Gasteiger partial charge in [0.05, 0.1) is 11.0 Å². The lowest BCUT2D eigenvalue weighted by Gasteiger charge is -2.16. The number of nitrogens with one attached hydrogen (secondary N) is 1. The van der Waals surface area contributed by atoms with Crippen molar-refractivity contribution < 1.29 is 18.3 Å². The molecule has 1 aromatic heterocycles. The van der Waals surface area contributed by atoms with Crippen molar-refractivity contribution >= 4 is 37.4 Å². The Balaban J connectivity index is 1.41. The first kappa shape index (κ1) is 20.0. The summed E-state index contributed by atoms with van der Waals surface area (Å²) in [6, 6.07) is 13.7. The third kappa shape index (κ3) is 4.06. The topological polar surface area (TPSA) is 86.7 Å². The Morgan fingerprint density at radius 1 is 1.10 bits per heavy atom. The van der Waals surface area contributed by atoms with Crippen molar-refractivity contribution in [1.82, 2.24) is 9.62 Å². The van der Waals surface area contributed by atoms with Crippen LogP contribution in [0.3, 0.4) is 0 Å². The van der Waals surface area contributed by atoms with Crippen molar-refractivity contribution in [2.45, 2.75) is 23.8 Å². The molecule has 1 atom stereocenters. The largest absolute Gasteiger partial charge is 0.387 e. The molecule has 1 fully saturated rings. The minimum Gasteiger partial charge on any atom is -0.387 e. The van der Waals surface area contributed by atoms with Crippen molar-refractivity contribution in [2.24, 2.45) is 0 Å². The summed E-state index contributed by atoms with van der Waals surface area (Å²) in [6.07, 6.45) is 0.938. The quantitative estimate of drug-likeness (QED) is 0.629. The highest BCUT2D eigenvalue weighted by Crippen LogP contribution is 2.30. The lowest BCUT2D eigenvalue weighted by atomic mass is 10.1. The van der Waals surface area contributed by atoms with E-state index in [9.17, 15) is 18.3 Å². The maximum absolute atomic E-state index is 12.6. The van der Waals surface area contributed by atoms with Gasteiger partial charge in [-0.2, -0.15) is 4.31 Å². The van der Waals surface area contributed by atoms with Crippen molar-refractivity contribution in [2.75, 3.05) is 19.6 Å². The molecule has 1 aliphatic rings. The SMILES string of the molecule is O=C(NCC(O)c1csc2ccccc12)c1ccc(S(=O)(=O)N2CCCC2)cc1. The molecule has 4 rings (SSSR count). The third-order valence-corrected chi connectivity index (χ3v) is 8.04. The molecule has 1 unspecified atom stereocenters. The summed E-state index contributed by atoms with van der Waals surface area (Å²) < 4.78 is 27.7. The van der Waals surface area contributed by atoms with Crippen LogP contribution >= 0.6 is 11.3 Å². The fourth-order valence-electron chi connectivity index (χ4n) is 3.51. The molecule has 1 aliphatic heterocycles. The number of hydrogen-bond donors (Lipinski definition) is 2. The molecule has 29 heavy (non-hydrogen) atoms. The molecule has 2 N–H and O–H groups in total. The molecule has 1 saturated heterocycles. The van der Waals surface area contributed by atoms with E-state index in [4.69, 9.17) is 0 Å². The summed E-state index contributed by atoms with van der Waals surface area (Å²) in [5.74, 6) is -0.353. The van der Waals surface area contributed by atoms with E-state index in [1.165, 1.54) is 28.6 Å². The summed E-state index contributed by atoms with van der Waals surface area (Å²) in [7, 11) is -3.49. The van der Waals surface area contributed by atoms with E-state index in [-0.39, 0.29) is 17.3 Å². The third-order valence-electron chi connectivity index (χ3n) is 5.15. The van der Waals surface area contributed by atoms with Crippen LogP contribution in [0, 0.1) is 0 Å². The minimum absolute atomic E-state index is 0.0768. The Morgan fingerprint density at radius 2 is 1.79 bits per heavy atom. The Kier molecular flexibility index (Phi) is 5.69. The summed E-state index contributed by atoms with van der Waals surface area (Å²) in [5.41, 5.74) is 1.14. The highest BCUT2D eigenvalue weighted by molar-refractivity contribution is 7.89. The summed E-state index contributed by atoms with van der Waals surface area (Å²) in [6.45, 7) is 1.16. The molecule has 2 heterocycles. The smallest absolute Gasteiger partial charge is 0.251 e. The van der Waals surface area contributed by atoms with Gasteiger partial charge in [0.1, 0.15) is 0 Å². The zero-order valence-corrected chi connectivity index (χ0v) is 17.4. The predicted octanol–water partition coefficient (Wildman–Crippen LogP) is 3.15. The van der Waals surface area contributed by atoms with Gasteiger partial charge in [-0.15, -0.1) is 11.3 Å². The van der Waals surface area contributed by atoms with Crippen LogP contribution in [0.25, 0.3) is 10.1 Å². The number of benzene rings is 2. The average Bonchev–Trinajstić information content (AvgIpc) is 3.42. The Morgan fingerprint density at radius 3 is 2.52 bits per heavy atom. The van der Waals surface area contributed by atoms with E-state index in [1.54, 1.807) is 11.3 Å². The second kappa shape index (κ2) is 8.23. The van der Waals surface area contributed by atoms with Gasteiger partial charge in [-0.05, 0) is 53.9 Å². The molecule has 0 bridgehead atoms. The van der Waals surface area contributed by atoms with Gasteiger partial charge in [0.15, 0.2) is 0 Å². The fraction of sp³-hybridized carbons (Fsp3) is 0.286. The van der Waals surface area contributed by atoms with Crippen LogP contribution in [0.5, 0.6) is 0 Å². The summed E-state index contributed by atoms with van der Waals surface area (Å²) in [4.78, 5) is 12.6. The number of fused-ring (bicyclic) bond motifs is 1. The zero-order chi connectivity index (χ0) is 20.4. The zero-order valence-electron chi connectivity index (χ0n) is 15.7. The molecule has 0 spiro atoms. The number of carbonyl (C=O) groups is 1. The normalized spacial score (nSPS) is 16.2. The minimum atomic E-state index is -3.49. The molecular formula is C21H22N2O4S2. The van der Waals surface area contributed by atoms with Crippen LogP contribution in [0.2, 0.25) is 0 Å². The first-order valence-electron chi connectivity index (χ1n) is 9.49. The van der Waals surface area contributed by atoms with Gasteiger partial charge in [0, 0.05) is 35.5 Å². The molecule has 0 aliphatic carbocycles. The van der Waals surface area contributed by atoms with Crippen molar-refractivity contribution in [3.63, 3.8) is 0 Å². The first-order chi connectivity index (χ1) is 14.0. The highest BCUT2D eigenvalue weighted by atomic mass is 32.2. The number of rotatable bonds is 6. The van der Waals surface area contributed by atoms with Gasteiger partial charge < -0.3 is 10.4 Å². The lowest BCUT2D eigenvalue weighted by molar-refractivity contribution is 0.0917. The molecule has 8 heteroatoms. The Bertz CT molecular complexity index is 1120. The number of thiophene rings is 1. The van der Waals surface area contributed by atoms with E-state index in [0.717, 1.165) is 28.5 Å².